The number of alkyl halides is 21. The fraction of sp³-hybridized carbons (Fsp3) is 0.944. The molecular weight excluding hydrogens is 661 g/mol. The van der Waals surface area contributed by atoms with Gasteiger partial charge in [-0.3, -0.25) is 0 Å². The second-order valence-electron chi connectivity index (χ2n) is 9.44. The van der Waals surface area contributed by atoms with Crippen LogP contribution >= 0.6 is 0 Å². The number of quaternary nitrogens is 1. The van der Waals surface area contributed by atoms with Crippen LogP contribution in [0.15, 0.2) is 0 Å². The molecule has 42 heavy (non-hydrogen) atoms. The minimum absolute atomic E-state index is 0.571. The van der Waals surface area contributed by atoms with Crippen molar-refractivity contribution in [3.63, 3.8) is 0 Å². The Labute approximate surface area is 219 Å². The maximum Gasteiger partial charge on any atom is 0.460 e. The molecule has 0 radical (unpaired) electrons. The molecule has 0 saturated heterocycles. The fourth-order valence-corrected chi connectivity index (χ4v) is 3.06. The number of hydrogen-bond donors (Lipinski definition) is 0. The lowest BCUT2D eigenvalue weighted by atomic mass is 9.85. The summed E-state index contributed by atoms with van der Waals surface area (Å²) >= 11 is 0. The molecule has 0 rings (SSSR count). The Balaban J connectivity index is 6.54. The second kappa shape index (κ2) is 10.8. The molecule has 0 spiro atoms. The highest BCUT2D eigenvalue weighted by atomic mass is 19.4. The molecule has 0 heterocycles. The average Bonchev–Trinajstić information content (AvgIpc) is 2.73. The largest absolute Gasteiger partial charge is 0.544 e. The Kier molecular flexibility index (Phi) is 10.3. The second-order valence-corrected chi connectivity index (χ2v) is 9.44. The third-order valence-corrected chi connectivity index (χ3v) is 5.64. The highest BCUT2D eigenvalue weighted by Gasteiger charge is 2.97. The van der Waals surface area contributed by atoms with Crippen molar-refractivity contribution in [3.05, 3.63) is 0 Å². The number of nitrogens with zero attached hydrogens (tertiary/aromatic N) is 1. The van der Waals surface area contributed by atoms with E-state index in [-0.39, 0.29) is 0 Å². The molecule has 0 atom stereocenters. The minimum atomic E-state index is -9.20. The number of carboxylic acids is 1. The molecule has 0 bridgehead atoms. The van der Waals surface area contributed by atoms with Crippen molar-refractivity contribution in [3.8, 4) is 0 Å². The number of carboxylic acid groups (broad SMARTS) is 1. The molecule has 252 valence electrons. The van der Waals surface area contributed by atoms with Gasteiger partial charge in [0.15, 0.2) is 0 Å². The molecule has 24 heteroatoms. The Morgan fingerprint density at radius 1 is 0.500 bits per heavy atom. The van der Waals surface area contributed by atoms with Gasteiger partial charge in [-0.1, -0.05) is 0 Å². The molecule has 0 aromatic heterocycles. The van der Waals surface area contributed by atoms with Crippen LogP contribution in [0.2, 0.25) is 0 Å². The monoisotopic (exact) mass is 677 g/mol. The average molecular weight is 677 g/mol. The van der Waals surface area contributed by atoms with Crippen LogP contribution in [0.3, 0.4) is 0 Å². The van der Waals surface area contributed by atoms with E-state index in [1.165, 1.54) is 0 Å². The van der Waals surface area contributed by atoms with E-state index in [0.717, 1.165) is 14.1 Å². The first kappa shape index (κ1) is 40.0. The minimum Gasteiger partial charge on any atom is -0.544 e. The molecule has 0 aromatic rings. The van der Waals surface area contributed by atoms with E-state index in [2.05, 4.69) is 0 Å². The number of likely N-dealkylation sites (N-methyl/N-ethyl adjacent to an activating group) is 1. The summed E-state index contributed by atoms with van der Waals surface area (Å²) < 4.78 is 279. The number of halogens is 21. The van der Waals surface area contributed by atoms with Crippen molar-refractivity contribution < 1.29 is 107 Å². The molecule has 0 fully saturated rings. The summed E-state index contributed by atoms with van der Waals surface area (Å²) in [6.07, 6.45) is -13.0. The van der Waals surface area contributed by atoms with Gasteiger partial charge >= 0.3 is 59.5 Å². The number of unbranched alkanes of at least 4 members (excludes halogenated alkanes) is 1. The summed E-state index contributed by atoms with van der Waals surface area (Å²) in [5.74, 6) is -78.8. The van der Waals surface area contributed by atoms with Gasteiger partial charge in [-0.15, -0.1) is 0 Å². The number of aliphatic carboxylic acids is 1. The summed E-state index contributed by atoms with van der Waals surface area (Å²) in [5, 5.41) is 10.5. The molecule has 0 aromatic carbocycles. The molecule has 3 nitrogen and oxygen atoms in total. The lowest BCUT2D eigenvalue weighted by molar-refractivity contribution is -0.885. The van der Waals surface area contributed by atoms with Crippen molar-refractivity contribution in [1.29, 1.82) is 0 Å². The lowest BCUT2D eigenvalue weighted by Crippen LogP contribution is -2.76. The van der Waals surface area contributed by atoms with E-state index >= 15 is 0 Å². The summed E-state index contributed by atoms with van der Waals surface area (Å²) in [4.78, 5) is 10.5. The van der Waals surface area contributed by atoms with Gasteiger partial charge in [-0.05, 0) is 12.8 Å². The highest BCUT2D eigenvalue weighted by Crippen LogP contribution is 2.66. The maximum absolute atomic E-state index is 13.9. The Morgan fingerprint density at radius 2 is 0.786 bits per heavy atom. The fourth-order valence-electron chi connectivity index (χ4n) is 3.06. The molecule has 0 aliphatic heterocycles. The molecule has 0 saturated carbocycles. The van der Waals surface area contributed by atoms with E-state index in [1.54, 1.807) is 0 Å². The number of hydrogen-bond acceptors (Lipinski definition) is 2. The standard InChI is InChI=1S/C18H16F21NO2/c1-40(2,7-8(41)42)6-4-3-5-9(19,20)10(21,22)11(23,24)12(25,26)13(27,28)14(29,30)15(31,32)16(33,34)17(35,36)18(37,38)39/h3-7H2,1-2H3. The van der Waals surface area contributed by atoms with Gasteiger partial charge in [-0.2, -0.15) is 92.2 Å². The summed E-state index contributed by atoms with van der Waals surface area (Å²) in [6, 6.07) is 0. The first-order chi connectivity index (χ1) is 17.9. The van der Waals surface area contributed by atoms with Gasteiger partial charge < -0.3 is 14.4 Å². The Hall–Kier alpha value is -2.04. The number of carbonyl (C=O) groups excluding carboxylic acids is 1. The Morgan fingerprint density at radius 3 is 1.07 bits per heavy atom. The molecule has 0 aliphatic rings. The van der Waals surface area contributed by atoms with Gasteiger partial charge in [0.2, 0.25) is 0 Å². The van der Waals surface area contributed by atoms with Crippen molar-refractivity contribution in [2.75, 3.05) is 27.2 Å². The first-order valence-corrected chi connectivity index (χ1v) is 10.4. The SMILES string of the molecule is C[N+](C)(CCCCC(F)(F)C(F)(F)C(F)(F)C(F)(F)C(F)(F)C(F)(F)C(F)(F)C(F)(F)C(F)(F)C(F)(F)F)CC(=O)[O-]. The highest BCUT2D eigenvalue weighted by molar-refractivity contribution is 5.65. The normalized spacial score (nSPS) is 16.2. The summed E-state index contributed by atoms with van der Waals surface area (Å²) in [5.41, 5.74) is 0. The van der Waals surface area contributed by atoms with Gasteiger partial charge in [0.05, 0.1) is 26.6 Å². The Bertz CT molecular complexity index is 969. The molecule has 0 aliphatic carbocycles. The van der Waals surface area contributed by atoms with Crippen molar-refractivity contribution in [2.24, 2.45) is 0 Å². The quantitative estimate of drug-likeness (QED) is 0.117. The van der Waals surface area contributed by atoms with Crippen LogP contribution in [0.5, 0.6) is 0 Å². The van der Waals surface area contributed by atoms with Gasteiger partial charge in [0, 0.05) is 6.42 Å². The van der Waals surface area contributed by atoms with Crippen molar-refractivity contribution in [1.82, 2.24) is 0 Å². The molecule has 0 unspecified atom stereocenters. The maximum atomic E-state index is 13.9. The van der Waals surface area contributed by atoms with Crippen LogP contribution in [0.4, 0.5) is 92.2 Å². The van der Waals surface area contributed by atoms with Gasteiger partial charge in [-0.25, -0.2) is 0 Å². The van der Waals surface area contributed by atoms with Crippen LogP contribution < -0.4 is 5.11 Å². The van der Waals surface area contributed by atoms with Crippen LogP contribution in [-0.4, -0.2) is 97.1 Å². The van der Waals surface area contributed by atoms with E-state index < -0.39 is 102 Å². The van der Waals surface area contributed by atoms with Gasteiger partial charge in [0.1, 0.15) is 6.54 Å². The van der Waals surface area contributed by atoms with E-state index in [1.807, 2.05) is 0 Å². The third kappa shape index (κ3) is 6.00. The lowest BCUT2D eigenvalue weighted by Gasteiger charge is -2.44. The van der Waals surface area contributed by atoms with Gasteiger partial charge in [0.25, 0.3) is 0 Å². The van der Waals surface area contributed by atoms with Crippen LogP contribution in [0, 0.1) is 0 Å². The van der Waals surface area contributed by atoms with E-state index in [0.29, 0.717) is 0 Å². The zero-order valence-electron chi connectivity index (χ0n) is 20.2. The zero-order chi connectivity index (χ0) is 34.6. The molecule has 0 N–H and O–H groups in total. The van der Waals surface area contributed by atoms with E-state index in [9.17, 15) is 102 Å². The molecular formula is C18H16F21NO2. The zero-order valence-corrected chi connectivity index (χ0v) is 20.2. The molecule has 0 amide bonds. The van der Waals surface area contributed by atoms with Crippen LogP contribution in [0.25, 0.3) is 0 Å². The van der Waals surface area contributed by atoms with E-state index in [4.69, 9.17) is 0 Å². The predicted molar refractivity (Wildman–Crippen MR) is 91.3 cm³/mol. The van der Waals surface area contributed by atoms with Crippen molar-refractivity contribution >= 4 is 5.97 Å². The third-order valence-electron chi connectivity index (χ3n) is 5.64. The summed E-state index contributed by atoms with van der Waals surface area (Å²) in [6.45, 7) is -1.43. The first-order valence-electron chi connectivity index (χ1n) is 10.4. The van der Waals surface area contributed by atoms with Crippen LogP contribution in [-0.2, 0) is 4.79 Å². The summed E-state index contributed by atoms with van der Waals surface area (Å²) in [7, 11) is 2.12. The smallest absolute Gasteiger partial charge is 0.460 e. The predicted octanol–water partition coefficient (Wildman–Crippen LogP) is 6.26. The number of rotatable bonds is 15. The topological polar surface area (TPSA) is 40.1 Å². The number of carbonyl (C=O) groups is 1. The van der Waals surface area contributed by atoms with Crippen LogP contribution in [0.1, 0.15) is 19.3 Å². The van der Waals surface area contributed by atoms with Crippen molar-refractivity contribution in [2.45, 2.75) is 78.7 Å².